The number of benzene rings is 1. The van der Waals surface area contributed by atoms with E-state index in [4.69, 9.17) is 9.47 Å². The molecule has 0 saturated heterocycles. The molecule has 0 spiro atoms. The third-order valence-corrected chi connectivity index (χ3v) is 3.46. The average molecular weight is 394 g/mol. The smallest absolute Gasteiger partial charge is 0.258 e. The van der Waals surface area contributed by atoms with Gasteiger partial charge in [-0.25, -0.2) is 0 Å². The Balaban J connectivity index is 0.00000364. The number of hydrogen-bond donors (Lipinski definition) is 2. The van der Waals surface area contributed by atoms with E-state index in [9.17, 15) is 4.79 Å². The Labute approximate surface area is 167 Å². The standard InChI is InChI=1S/C20H27N3O3.ClH/c1-20(2,3)23-19(24)14-26-17-9-8-15(11-18(17)25-4)12-21-13-16-7-5-6-10-22-16;/h5-11,21H,12-14H2,1-4H3,(H,23,24);1H. The zero-order valence-electron chi connectivity index (χ0n) is 16.2. The van der Waals surface area contributed by atoms with Crippen LogP contribution in [0.5, 0.6) is 11.5 Å². The fraction of sp³-hybridized carbons (Fsp3) is 0.400. The molecule has 0 unspecified atom stereocenters. The first-order valence-corrected chi connectivity index (χ1v) is 8.59. The highest BCUT2D eigenvalue weighted by Crippen LogP contribution is 2.28. The van der Waals surface area contributed by atoms with Gasteiger partial charge in [-0.15, -0.1) is 12.4 Å². The van der Waals surface area contributed by atoms with Crippen LogP contribution in [0.2, 0.25) is 0 Å². The highest BCUT2D eigenvalue weighted by Gasteiger charge is 2.15. The fourth-order valence-electron chi connectivity index (χ4n) is 2.38. The third-order valence-electron chi connectivity index (χ3n) is 3.46. The second-order valence-electron chi connectivity index (χ2n) is 7.00. The van der Waals surface area contributed by atoms with Gasteiger partial charge in [-0.05, 0) is 50.6 Å². The van der Waals surface area contributed by atoms with E-state index in [1.165, 1.54) is 0 Å². The lowest BCUT2D eigenvalue weighted by Crippen LogP contribution is -2.43. The van der Waals surface area contributed by atoms with Gasteiger partial charge in [0.1, 0.15) is 0 Å². The Kier molecular flexibility index (Phi) is 9.05. The molecule has 27 heavy (non-hydrogen) atoms. The molecule has 6 nitrogen and oxygen atoms in total. The Morgan fingerprint density at radius 3 is 2.52 bits per heavy atom. The van der Waals surface area contributed by atoms with Crippen LogP contribution in [0.4, 0.5) is 0 Å². The van der Waals surface area contributed by atoms with Crippen molar-refractivity contribution in [3.05, 3.63) is 53.9 Å². The van der Waals surface area contributed by atoms with Crippen LogP contribution in [-0.4, -0.2) is 30.1 Å². The lowest BCUT2D eigenvalue weighted by molar-refractivity contribution is -0.124. The minimum atomic E-state index is -0.284. The number of ether oxygens (including phenoxy) is 2. The molecule has 0 fully saturated rings. The van der Waals surface area contributed by atoms with Crippen molar-refractivity contribution >= 4 is 18.3 Å². The van der Waals surface area contributed by atoms with E-state index in [1.807, 2.05) is 57.2 Å². The molecular weight excluding hydrogens is 366 g/mol. The number of nitrogens with zero attached hydrogens (tertiary/aromatic N) is 1. The lowest BCUT2D eigenvalue weighted by atomic mass is 10.1. The van der Waals surface area contributed by atoms with E-state index in [0.29, 0.717) is 24.6 Å². The SMILES string of the molecule is COc1cc(CNCc2ccccn2)ccc1OCC(=O)NC(C)(C)C.Cl. The molecule has 0 radical (unpaired) electrons. The molecule has 0 saturated carbocycles. The van der Waals surface area contributed by atoms with Gasteiger partial charge in [-0.1, -0.05) is 12.1 Å². The maximum atomic E-state index is 11.9. The zero-order valence-corrected chi connectivity index (χ0v) is 17.1. The molecule has 1 heterocycles. The van der Waals surface area contributed by atoms with Gasteiger partial charge in [-0.3, -0.25) is 9.78 Å². The van der Waals surface area contributed by atoms with Crippen LogP contribution in [0, 0.1) is 0 Å². The van der Waals surface area contributed by atoms with Crippen molar-refractivity contribution in [2.75, 3.05) is 13.7 Å². The Hall–Kier alpha value is -2.31. The average Bonchev–Trinajstić information content (AvgIpc) is 2.60. The fourth-order valence-corrected chi connectivity index (χ4v) is 2.38. The van der Waals surface area contributed by atoms with E-state index < -0.39 is 0 Å². The second-order valence-corrected chi connectivity index (χ2v) is 7.00. The summed E-state index contributed by atoms with van der Waals surface area (Å²) in [6.45, 7) is 7.10. The number of aromatic nitrogens is 1. The largest absolute Gasteiger partial charge is 0.493 e. The molecule has 2 aromatic rings. The third kappa shape index (κ3) is 8.28. The summed E-state index contributed by atoms with van der Waals surface area (Å²) < 4.78 is 11.0. The molecule has 0 atom stereocenters. The molecule has 0 aliphatic carbocycles. The molecule has 1 aromatic heterocycles. The Morgan fingerprint density at radius 1 is 1.11 bits per heavy atom. The number of pyridine rings is 1. The van der Waals surface area contributed by atoms with Crippen molar-refractivity contribution in [3.63, 3.8) is 0 Å². The molecule has 1 amide bonds. The molecular formula is C20H28ClN3O3. The number of hydrogen-bond acceptors (Lipinski definition) is 5. The maximum absolute atomic E-state index is 11.9. The van der Waals surface area contributed by atoms with Crippen molar-refractivity contribution in [1.82, 2.24) is 15.6 Å². The van der Waals surface area contributed by atoms with Crippen LogP contribution in [-0.2, 0) is 17.9 Å². The lowest BCUT2D eigenvalue weighted by Gasteiger charge is -2.20. The van der Waals surface area contributed by atoms with E-state index >= 15 is 0 Å². The number of amides is 1. The van der Waals surface area contributed by atoms with E-state index in [2.05, 4.69) is 15.6 Å². The van der Waals surface area contributed by atoms with Gasteiger partial charge in [-0.2, -0.15) is 0 Å². The molecule has 7 heteroatoms. The first kappa shape index (κ1) is 22.7. The highest BCUT2D eigenvalue weighted by atomic mass is 35.5. The monoisotopic (exact) mass is 393 g/mol. The second kappa shape index (κ2) is 10.7. The molecule has 148 valence electrons. The van der Waals surface area contributed by atoms with Gasteiger partial charge in [0, 0.05) is 24.8 Å². The maximum Gasteiger partial charge on any atom is 0.258 e. The number of methoxy groups -OCH3 is 1. The van der Waals surface area contributed by atoms with Crippen molar-refractivity contribution in [3.8, 4) is 11.5 Å². The number of rotatable bonds is 8. The van der Waals surface area contributed by atoms with Gasteiger partial charge < -0.3 is 20.1 Å². The zero-order chi connectivity index (χ0) is 19.0. The number of halogens is 1. The number of carbonyl (C=O) groups excluding carboxylic acids is 1. The summed E-state index contributed by atoms with van der Waals surface area (Å²) in [5.41, 5.74) is 1.77. The van der Waals surface area contributed by atoms with Gasteiger partial charge in [0.25, 0.3) is 5.91 Å². The van der Waals surface area contributed by atoms with Gasteiger partial charge >= 0.3 is 0 Å². The highest BCUT2D eigenvalue weighted by molar-refractivity contribution is 5.85. The quantitative estimate of drug-likeness (QED) is 0.721. The molecule has 0 aliphatic rings. The first-order chi connectivity index (χ1) is 12.4. The summed E-state index contributed by atoms with van der Waals surface area (Å²) in [5, 5.41) is 6.20. The molecule has 0 aliphatic heterocycles. The normalized spacial score (nSPS) is 10.7. The van der Waals surface area contributed by atoms with Gasteiger partial charge in [0.05, 0.1) is 12.8 Å². The Morgan fingerprint density at radius 2 is 1.89 bits per heavy atom. The summed E-state index contributed by atoms with van der Waals surface area (Å²) >= 11 is 0. The van der Waals surface area contributed by atoms with Crippen molar-refractivity contribution in [2.45, 2.75) is 39.4 Å². The summed E-state index contributed by atoms with van der Waals surface area (Å²) in [6, 6.07) is 11.5. The van der Waals surface area contributed by atoms with E-state index in [1.54, 1.807) is 13.3 Å². The van der Waals surface area contributed by atoms with Crippen LogP contribution in [0.25, 0.3) is 0 Å². The molecule has 2 N–H and O–H groups in total. The molecule has 0 bridgehead atoms. The Bertz CT molecular complexity index is 718. The van der Waals surface area contributed by atoms with Gasteiger partial charge in [0.2, 0.25) is 0 Å². The van der Waals surface area contributed by atoms with Crippen LogP contribution in [0.3, 0.4) is 0 Å². The van der Waals surface area contributed by atoms with Crippen LogP contribution in [0.1, 0.15) is 32.0 Å². The van der Waals surface area contributed by atoms with E-state index in [-0.39, 0.29) is 30.5 Å². The van der Waals surface area contributed by atoms with Gasteiger partial charge in [0.15, 0.2) is 18.1 Å². The predicted molar refractivity (Wildman–Crippen MR) is 108 cm³/mol. The topological polar surface area (TPSA) is 72.5 Å². The summed E-state index contributed by atoms with van der Waals surface area (Å²) in [5.74, 6) is 0.983. The predicted octanol–water partition coefficient (Wildman–Crippen LogP) is 3.10. The van der Waals surface area contributed by atoms with Crippen LogP contribution < -0.4 is 20.1 Å². The minimum absolute atomic E-state index is 0. The van der Waals surface area contributed by atoms with Crippen LogP contribution in [0.15, 0.2) is 42.6 Å². The first-order valence-electron chi connectivity index (χ1n) is 8.59. The van der Waals surface area contributed by atoms with E-state index in [0.717, 1.165) is 11.3 Å². The summed E-state index contributed by atoms with van der Waals surface area (Å²) in [6.07, 6.45) is 1.78. The van der Waals surface area contributed by atoms with Crippen molar-refractivity contribution < 1.29 is 14.3 Å². The van der Waals surface area contributed by atoms with Crippen molar-refractivity contribution in [1.29, 1.82) is 0 Å². The number of nitrogens with one attached hydrogen (secondary N) is 2. The van der Waals surface area contributed by atoms with Crippen molar-refractivity contribution in [2.24, 2.45) is 0 Å². The number of carbonyl (C=O) groups is 1. The molecule has 1 aromatic carbocycles. The summed E-state index contributed by atoms with van der Waals surface area (Å²) in [4.78, 5) is 16.2. The minimum Gasteiger partial charge on any atom is -0.493 e. The molecule has 2 rings (SSSR count). The van der Waals surface area contributed by atoms with Crippen LogP contribution >= 0.6 is 12.4 Å². The summed E-state index contributed by atoms with van der Waals surface area (Å²) in [7, 11) is 1.59.